The third-order valence-corrected chi connectivity index (χ3v) is 2.19. The van der Waals surface area contributed by atoms with Gasteiger partial charge in [-0.25, -0.2) is 0 Å². The molecule has 0 radical (unpaired) electrons. The zero-order chi connectivity index (χ0) is 9.56. The summed E-state index contributed by atoms with van der Waals surface area (Å²) in [6.07, 6.45) is 3.44. The fourth-order valence-electron chi connectivity index (χ4n) is 1.22. The first-order valence-electron chi connectivity index (χ1n) is 4.97. The molecule has 0 aliphatic rings. The van der Waals surface area contributed by atoms with E-state index in [-0.39, 0.29) is 0 Å². The lowest BCUT2D eigenvalue weighted by atomic mass is 10.2. The molecule has 0 aromatic rings. The van der Waals surface area contributed by atoms with Crippen molar-refractivity contribution in [1.82, 2.24) is 4.90 Å². The summed E-state index contributed by atoms with van der Waals surface area (Å²) in [7, 11) is 0. The van der Waals surface area contributed by atoms with E-state index in [1.807, 2.05) is 0 Å². The van der Waals surface area contributed by atoms with Gasteiger partial charge in [0.1, 0.15) is 0 Å². The van der Waals surface area contributed by atoms with Crippen LogP contribution in [-0.4, -0.2) is 24.0 Å². The standard InChI is InChI=1S/C11H23N/c1-6-8-12(10(3)4)9-11(5)7-2/h7,10H,6,8-9H2,1-5H3/b11-7+. The van der Waals surface area contributed by atoms with Crippen LogP contribution in [-0.2, 0) is 0 Å². The summed E-state index contributed by atoms with van der Waals surface area (Å²) >= 11 is 0. The Bertz CT molecular complexity index is 136. The largest absolute Gasteiger partial charge is 0.297 e. The van der Waals surface area contributed by atoms with Crippen LogP contribution >= 0.6 is 0 Å². The second-order valence-corrected chi connectivity index (χ2v) is 3.70. The Labute approximate surface area is 77.5 Å². The third kappa shape index (κ3) is 4.55. The van der Waals surface area contributed by atoms with Crippen LogP contribution in [0.3, 0.4) is 0 Å². The fraction of sp³-hybridized carbons (Fsp3) is 0.818. The van der Waals surface area contributed by atoms with E-state index >= 15 is 0 Å². The molecule has 0 aliphatic carbocycles. The van der Waals surface area contributed by atoms with Crippen molar-refractivity contribution in [2.45, 2.75) is 47.1 Å². The van der Waals surface area contributed by atoms with Crippen LogP contribution in [0, 0.1) is 0 Å². The van der Waals surface area contributed by atoms with Gasteiger partial charge in [0.25, 0.3) is 0 Å². The Kier molecular flexibility index (Phi) is 6.09. The van der Waals surface area contributed by atoms with E-state index in [2.05, 4.69) is 45.6 Å². The first-order valence-corrected chi connectivity index (χ1v) is 4.97. The Morgan fingerprint density at radius 2 is 2.00 bits per heavy atom. The van der Waals surface area contributed by atoms with Gasteiger partial charge < -0.3 is 0 Å². The maximum atomic E-state index is 2.51. The highest BCUT2D eigenvalue weighted by Crippen LogP contribution is 2.04. The van der Waals surface area contributed by atoms with Crippen molar-refractivity contribution in [3.05, 3.63) is 11.6 Å². The fourth-order valence-corrected chi connectivity index (χ4v) is 1.22. The smallest absolute Gasteiger partial charge is 0.0192 e. The maximum absolute atomic E-state index is 2.51. The lowest BCUT2D eigenvalue weighted by molar-refractivity contribution is 0.241. The van der Waals surface area contributed by atoms with Gasteiger partial charge in [0.05, 0.1) is 0 Å². The minimum Gasteiger partial charge on any atom is -0.297 e. The zero-order valence-corrected chi connectivity index (χ0v) is 9.22. The Morgan fingerprint density at radius 1 is 1.42 bits per heavy atom. The molecule has 0 N–H and O–H groups in total. The van der Waals surface area contributed by atoms with Crippen molar-refractivity contribution in [3.8, 4) is 0 Å². The van der Waals surface area contributed by atoms with Crippen molar-refractivity contribution < 1.29 is 0 Å². The topological polar surface area (TPSA) is 3.24 Å². The lowest BCUT2D eigenvalue weighted by Crippen LogP contribution is -2.32. The average Bonchev–Trinajstić information content (AvgIpc) is 2.03. The summed E-state index contributed by atoms with van der Waals surface area (Å²) in [6, 6.07) is 0.667. The Hall–Kier alpha value is -0.300. The predicted molar refractivity (Wildman–Crippen MR) is 56.4 cm³/mol. The van der Waals surface area contributed by atoms with Crippen LogP contribution < -0.4 is 0 Å². The highest BCUT2D eigenvalue weighted by atomic mass is 15.1. The van der Waals surface area contributed by atoms with E-state index in [1.54, 1.807) is 0 Å². The van der Waals surface area contributed by atoms with Crippen molar-refractivity contribution in [1.29, 1.82) is 0 Å². The minimum atomic E-state index is 0.667. The maximum Gasteiger partial charge on any atom is 0.0192 e. The van der Waals surface area contributed by atoms with Crippen LogP contribution in [0.15, 0.2) is 11.6 Å². The van der Waals surface area contributed by atoms with Gasteiger partial charge in [0, 0.05) is 12.6 Å². The van der Waals surface area contributed by atoms with Crippen molar-refractivity contribution in [3.63, 3.8) is 0 Å². The lowest BCUT2D eigenvalue weighted by Gasteiger charge is -2.26. The van der Waals surface area contributed by atoms with Crippen LogP contribution in [0.2, 0.25) is 0 Å². The molecule has 0 amide bonds. The number of hydrogen-bond donors (Lipinski definition) is 0. The van der Waals surface area contributed by atoms with Crippen LogP contribution in [0.25, 0.3) is 0 Å². The van der Waals surface area contributed by atoms with Gasteiger partial charge in [-0.1, -0.05) is 18.6 Å². The molecular weight excluding hydrogens is 146 g/mol. The molecule has 1 heteroatoms. The quantitative estimate of drug-likeness (QED) is 0.572. The van der Waals surface area contributed by atoms with Crippen LogP contribution in [0.5, 0.6) is 0 Å². The molecule has 0 bridgehead atoms. The highest BCUT2D eigenvalue weighted by Gasteiger charge is 2.07. The van der Waals surface area contributed by atoms with E-state index in [1.165, 1.54) is 18.5 Å². The number of nitrogens with zero attached hydrogens (tertiary/aromatic N) is 1. The first-order chi connectivity index (χ1) is 5.61. The summed E-state index contributed by atoms with van der Waals surface area (Å²) < 4.78 is 0. The summed E-state index contributed by atoms with van der Waals surface area (Å²) in [6.45, 7) is 13.4. The van der Waals surface area contributed by atoms with Gasteiger partial charge in [0.2, 0.25) is 0 Å². The van der Waals surface area contributed by atoms with Crippen molar-refractivity contribution >= 4 is 0 Å². The SMILES string of the molecule is C/C=C(\C)CN(CCC)C(C)C. The van der Waals surface area contributed by atoms with Crippen molar-refractivity contribution in [2.75, 3.05) is 13.1 Å². The van der Waals surface area contributed by atoms with Gasteiger partial charge in [-0.2, -0.15) is 0 Å². The molecule has 0 aromatic carbocycles. The average molecular weight is 169 g/mol. The highest BCUT2D eigenvalue weighted by molar-refractivity contribution is 4.98. The third-order valence-electron chi connectivity index (χ3n) is 2.19. The summed E-state index contributed by atoms with van der Waals surface area (Å²) in [5.74, 6) is 0. The Balaban J connectivity index is 3.95. The summed E-state index contributed by atoms with van der Waals surface area (Å²) in [5, 5.41) is 0. The molecule has 12 heavy (non-hydrogen) atoms. The van der Waals surface area contributed by atoms with Gasteiger partial charge >= 0.3 is 0 Å². The minimum absolute atomic E-state index is 0.667. The molecule has 0 unspecified atom stereocenters. The van der Waals surface area contributed by atoms with Gasteiger partial charge in [-0.3, -0.25) is 4.90 Å². The second kappa shape index (κ2) is 6.24. The molecule has 0 rings (SSSR count). The number of rotatable bonds is 5. The molecule has 0 aliphatic heterocycles. The van der Waals surface area contributed by atoms with E-state index in [0.29, 0.717) is 6.04 Å². The normalized spacial score (nSPS) is 13.1. The van der Waals surface area contributed by atoms with E-state index < -0.39 is 0 Å². The van der Waals surface area contributed by atoms with E-state index in [4.69, 9.17) is 0 Å². The van der Waals surface area contributed by atoms with Crippen molar-refractivity contribution in [2.24, 2.45) is 0 Å². The molecule has 0 atom stereocenters. The number of hydrogen-bond acceptors (Lipinski definition) is 1. The molecule has 1 nitrogen and oxygen atoms in total. The molecule has 72 valence electrons. The predicted octanol–water partition coefficient (Wildman–Crippen LogP) is 3.07. The second-order valence-electron chi connectivity index (χ2n) is 3.70. The summed E-state index contributed by atoms with van der Waals surface area (Å²) in [5.41, 5.74) is 1.47. The van der Waals surface area contributed by atoms with Gasteiger partial charge in [0.15, 0.2) is 0 Å². The van der Waals surface area contributed by atoms with Gasteiger partial charge in [-0.15, -0.1) is 0 Å². The molecular formula is C11H23N. The Morgan fingerprint density at radius 3 is 2.33 bits per heavy atom. The van der Waals surface area contributed by atoms with Gasteiger partial charge in [-0.05, 0) is 40.7 Å². The molecule has 0 aromatic heterocycles. The van der Waals surface area contributed by atoms with E-state index in [9.17, 15) is 0 Å². The van der Waals surface area contributed by atoms with E-state index in [0.717, 1.165) is 6.54 Å². The van der Waals surface area contributed by atoms with Crippen LogP contribution in [0.1, 0.15) is 41.0 Å². The molecule has 0 fully saturated rings. The molecule has 0 saturated carbocycles. The molecule has 0 spiro atoms. The zero-order valence-electron chi connectivity index (χ0n) is 9.22. The van der Waals surface area contributed by atoms with Crippen LogP contribution in [0.4, 0.5) is 0 Å². The molecule has 0 saturated heterocycles. The summed E-state index contributed by atoms with van der Waals surface area (Å²) in [4.78, 5) is 2.51. The molecule has 0 heterocycles. The first kappa shape index (κ1) is 11.7. The monoisotopic (exact) mass is 169 g/mol. The number of allylic oxidation sites excluding steroid dienone is 1.